The maximum absolute atomic E-state index is 12.8. The summed E-state index contributed by atoms with van der Waals surface area (Å²) in [6.45, 7) is 1.15. The second-order valence-corrected chi connectivity index (χ2v) is 8.03. The number of benzene rings is 1. The first kappa shape index (κ1) is 20.9. The van der Waals surface area contributed by atoms with Crippen molar-refractivity contribution >= 4 is 28.8 Å². The van der Waals surface area contributed by atoms with Gasteiger partial charge in [0.25, 0.3) is 11.7 Å². The number of phenols is 1. The first-order chi connectivity index (χ1) is 13.8. The highest BCUT2D eigenvalue weighted by atomic mass is 32.1. The second-order valence-electron chi connectivity index (χ2n) is 7.05. The number of aliphatic hydroxyl groups is 1. The molecule has 2 heterocycles. The van der Waals surface area contributed by atoms with Crippen molar-refractivity contribution in [1.29, 1.82) is 0 Å². The van der Waals surface area contributed by atoms with Crippen LogP contribution in [-0.4, -0.2) is 66.0 Å². The molecule has 0 unspecified atom stereocenters. The van der Waals surface area contributed by atoms with Crippen molar-refractivity contribution in [3.05, 3.63) is 51.7 Å². The van der Waals surface area contributed by atoms with E-state index in [1.807, 2.05) is 36.5 Å². The van der Waals surface area contributed by atoms with E-state index in [-0.39, 0.29) is 16.9 Å². The number of nitrogens with zero attached hydrogens (tertiary/aromatic N) is 2. The Morgan fingerprint density at radius 1 is 1.28 bits per heavy atom. The molecular formula is C21H24N2O5S. The number of carbonyl (C=O) groups excluding carboxylic acids is 2. The van der Waals surface area contributed by atoms with Crippen molar-refractivity contribution in [3.63, 3.8) is 0 Å². The first-order valence-corrected chi connectivity index (χ1v) is 10.1. The Morgan fingerprint density at radius 3 is 2.62 bits per heavy atom. The van der Waals surface area contributed by atoms with Gasteiger partial charge in [0.1, 0.15) is 17.3 Å². The number of ether oxygens (including phenoxy) is 1. The van der Waals surface area contributed by atoms with Gasteiger partial charge in [0.05, 0.1) is 24.3 Å². The van der Waals surface area contributed by atoms with Crippen LogP contribution in [-0.2, 0) is 9.59 Å². The summed E-state index contributed by atoms with van der Waals surface area (Å²) >= 11 is 1.41. The molecule has 1 aliphatic heterocycles. The van der Waals surface area contributed by atoms with Gasteiger partial charge in [-0.25, -0.2) is 0 Å². The van der Waals surface area contributed by atoms with Gasteiger partial charge in [0.2, 0.25) is 0 Å². The minimum Gasteiger partial charge on any atom is -0.507 e. The van der Waals surface area contributed by atoms with E-state index in [0.29, 0.717) is 18.7 Å². The molecule has 2 aromatic rings. The topological polar surface area (TPSA) is 90.3 Å². The zero-order valence-corrected chi connectivity index (χ0v) is 17.4. The Bertz CT molecular complexity index is 937. The van der Waals surface area contributed by atoms with E-state index in [1.54, 1.807) is 6.07 Å². The second kappa shape index (κ2) is 8.67. The van der Waals surface area contributed by atoms with Gasteiger partial charge in [-0.3, -0.25) is 9.59 Å². The molecule has 3 rings (SSSR count). The van der Waals surface area contributed by atoms with E-state index in [0.717, 1.165) is 11.4 Å². The number of aliphatic hydroxyl groups excluding tert-OH is 1. The van der Waals surface area contributed by atoms with E-state index in [1.165, 1.54) is 35.5 Å². The zero-order valence-electron chi connectivity index (χ0n) is 16.6. The van der Waals surface area contributed by atoms with Crippen LogP contribution in [0.2, 0.25) is 0 Å². The third kappa shape index (κ3) is 4.13. The molecule has 0 saturated carbocycles. The van der Waals surface area contributed by atoms with Gasteiger partial charge in [-0.1, -0.05) is 6.07 Å². The fraction of sp³-hybridized carbons (Fsp3) is 0.333. The van der Waals surface area contributed by atoms with Crippen molar-refractivity contribution in [3.8, 4) is 11.5 Å². The molecule has 1 aromatic carbocycles. The van der Waals surface area contributed by atoms with Crippen LogP contribution in [0.1, 0.15) is 22.9 Å². The first-order valence-electron chi connectivity index (χ1n) is 9.19. The number of amides is 1. The number of carbonyl (C=O) groups is 2. The lowest BCUT2D eigenvalue weighted by Gasteiger charge is -2.24. The molecule has 1 aliphatic rings. The molecule has 8 heteroatoms. The highest BCUT2D eigenvalue weighted by Crippen LogP contribution is 2.42. The normalized spacial score (nSPS) is 18.6. The molecule has 0 radical (unpaired) electrons. The molecule has 0 bridgehead atoms. The molecule has 0 aliphatic carbocycles. The fourth-order valence-electron chi connectivity index (χ4n) is 3.39. The lowest BCUT2D eigenvalue weighted by atomic mass is 9.99. The lowest BCUT2D eigenvalue weighted by molar-refractivity contribution is -0.139. The standard InChI is InChI=1S/C21H24N2O5S/c1-22(2)9-5-10-23-18(16-6-4-11-29-16)17(20(26)21(23)27)19(25)14-8-7-13(28-3)12-15(14)24/h4,6-8,11-12,18,24-25H,5,9-10H2,1-3H3/t18-/m0/s1. The van der Waals surface area contributed by atoms with Crippen molar-refractivity contribution in [2.24, 2.45) is 0 Å². The Morgan fingerprint density at radius 2 is 2.03 bits per heavy atom. The van der Waals surface area contributed by atoms with Crippen molar-refractivity contribution < 1.29 is 24.5 Å². The van der Waals surface area contributed by atoms with E-state index in [9.17, 15) is 19.8 Å². The maximum Gasteiger partial charge on any atom is 0.295 e. The predicted molar refractivity (Wildman–Crippen MR) is 111 cm³/mol. The number of rotatable bonds is 7. The highest BCUT2D eigenvalue weighted by Gasteiger charge is 2.46. The molecular weight excluding hydrogens is 392 g/mol. The van der Waals surface area contributed by atoms with Gasteiger partial charge in [0, 0.05) is 17.5 Å². The van der Waals surface area contributed by atoms with Crippen LogP contribution >= 0.6 is 11.3 Å². The minimum absolute atomic E-state index is 0.0113. The van der Waals surface area contributed by atoms with Gasteiger partial charge >= 0.3 is 0 Å². The molecule has 1 amide bonds. The number of hydrogen-bond donors (Lipinski definition) is 2. The summed E-state index contributed by atoms with van der Waals surface area (Å²) in [5, 5.41) is 23.1. The van der Waals surface area contributed by atoms with Crippen LogP contribution in [0.15, 0.2) is 41.3 Å². The van der Waals surface area contributed by atoms with Crippen LogP contribution in [0.4, 0.5) is 0 Å². The molecule has 7 nitrogen and oxygen atoms in total. The molecule has 1 saturated heterocycles. The predicted octanol–water partition coefficient (Wildman–Crippen LogP) is 2.84. The number of likely N-dealkylation sites (tertiary alicyclic amines) is 1. The number of Topliss-reactive ketones (excluding diaryl/α,β-unsaturated/α-hetero) is 1. The van der Waals surface area contributed by atoms with Gasteiger partial charge in [-0.15, -0.1) is 11.3 Å². The summed E-state index contributed by atoms with van der Waals surface area (Å²) in [6.07, 6.45) is 0.690. The zero-order chi connectivity index (χ0) is 21.1. The van der Waals surface area contributed by atoms with Crippen LogP contribution in [0.5, 0.6) is 11.5 Å². The maximum atomic E-state index is 12.8. The summed E-state index contributed by atoms with van der Waals surface area (Å²) in [4.78, 5) is 29.9. The van der Waals surface area contributed by atoms with Gasteiger partial charge in [-0.05, 0) is 50.6 Å². The molecule has 0 spiro atoms. The SMILES string of the molecule is COc1ccc(C(O)=C2C(=O)C(=O)N(CCCN(C)C)[C@H]2c2cccs2)c(O)c1. The van der Waals surface area contributed by atoms with Gasteiger partial charge in [-0.2, -0.15) is 0 Å². The molecule has 29 heavy (non-hydrogen) atoms. The van der Waals surface area contributed by atoms with Gasteiger partial charge in [0.15, 0.2) is 0 Å². The largest absolute Gasteiger partial charge is 0.507 e. The van der Waals surface area contributed by atoms with E-state index < -0.39 is 23.5 Å². The van der Waals surface area contributed by atoms with E-state index in [2.05, 4.69) is 0 Å². The molecule has 1 fully saturated rings. The van der Waals surface area contributed by atoms with Crippen LogP contribution in [0.3, 0.4) is 0 Å². The summed E-state index contributed by atoms with van der Waals surface area (Å²) in [5.41, 5.74) is 0.0708. The average molecular weight is 416 g/mol. The Labute approximate surface area is 173 Å². The summed E-state index contributed by atoms with van der Waals surface area (Å²) in [7, 11) is 5.35. The number of ketones is 1. The molecule has 154 valence electrons. The van der Waals surface area contributed by atoms with Gasteiger partial charge < -0.3 is 24.7 Å². The summed E-state index contributed by atoms with van der Waals surface area (Å²) < 4.78 is 5.06. The number of thiophene rings is 1. The van der Waals surface area contributed by atoms with Crippen molar-refractivity contribution in [2.45, 2.75) is 12.5 Å². The van der Waals surface area contributed by atoms with E-state index >= 15 is 0 Å². The Kier molecular flexibility index (Phi) is 6.24. The quantitative estimate of drug-likeness (QED) is 0.410. The molecule has 1 atom stereocenters. The molecule has 1 aromatic heterocycles. The highest BCUT2D eigenvalue weighted by molar-refractivity contribution is 7.10. The average Bonchev–Trinajstić information content (AvgIpc) is 3.29. The molecule has 2 N–H and O–H groups in total. The third-order valence-electron chi connectivity index (χ3n) is 4.82. The number of hydrogen-bond acceptors (Lipinski definition) is 7. The van der Waals surface area contributed by atoms with Crippen molar-refractivity contribution in [1.82, 2.24) is 9.80 Å². The smallest absolute Gasteiger partial charge is 0.295 e. The van der Waals surface area contributed by atoms with Crippen LogP contribution in [0, 0.1) is 0 Å². The monoisotopic (exact) mass is 416 g/mol. The number of aromatic hydroxyl groups is 1. The lowest BCUT2D eigenvalue weighted by Crippen LogP contribution is -2.32. The minimum atomic E-state index is -0.749. The number of methoxy groups -OCH3 is 1. The van der Waals surface area contributed by atoms with Crippen molar-refractivity contribution in [2.75, 3.05) is 34.3 Å². The Balaban J connectivity index is 2.06. The van der Waals surface area contributed by atoms with Crippen LogP contribution in [0.25, 0.3) is 5.76 Å². The summed E-state index contributed by atoms with van der Waals surface area (Å²) in [6, 6.07) is 7.38. The van der Waals surface area contributed by atoms with Crippen LogP contribution < -0.4 is 4.74 Å². The van der Waals surface area contributed by atoms with E-state index in [4.69, 9.17) is 4.74 Å². The fourth-order valence-corrected chi connectivity index (χ4v) is 4.24. The Hall–Kier alpha value is -2.84. The number of phenolic OH excluding ortho intramolecular Hbond substituents is 1. The summed E-state index contributed by atoms with van der Waals surface area (Å²) in [5.74, 6) is -1.60. The third-order valence-corrected chi connectivity index (χ3v) is 5.74.